The summed E-state index contributed by atoms with van der Waals surface area (Å²) in [6.07, 6.45) is 8.22. The van der Waals surface area contributed by atoms with Crippen LogP contribution in [0.1, 0.15) is 50.8 Å². The number of rotatable bonds is 2. The van der Waals surface area contributed by atoms with Gasteiger partial charge in [-0.1, -0.05) is 13.3 Å². The highest BCUT2D eigenvalue weighted by atomic mass is 127. The Kier molecular flexibility index (Phi) is 4.00. The van der Waals surface area contributed by atoms with Crippen molar-refractivity contribution in [2.45, 2.75) is 44.9 Å². The van der Waals surface area contributed by atoms with Gasteiger partial charge in [0.15, 0.2) is 0 Å². The lowest BCUT2D eigenvalue weighted by molar-refractivity contribution is 0.312. The number of hydrogen-bond donors (Lipinski definition) is 1. The number of nitrogens with zero attached hydrogens (tertiary/aromatic N) is 2. The van der Waals surface area contributed by atoms with E-state index in [1.165, 1.54) is 32.1 Å². The third kappa shape index (κ3) is 2.64. The van der Waals surface area contributed by atoms with Crippen molar-refractivity contribution in [1.29, 1.82) is 0 Å². The molecule has 1 heterocycles. The highest BCUT2D eigenvalue weighted by Crippen LogP contribution is 2.35. The lowest BCUT2D eigenvalue weighted by Crippen LogP contribution is -2.15. The Morgan fingerprint density at radius 1 is 1.38 bits per heavy atom. The Hall–Kier alpha value is -0.390. The van der Waals surface area contributed by atoms with Gasteiger partial charge in [0.2, 0.25) is 0 Å². The average molecular weight is 331 g/mol. The largest absolute Gasteiger partial charge is 0.383 e. The van der Waals surface area contributed by atoms with Crippen LogP contribution in [0.4, 0.5) is 5.82 Å². The number of nitrogen functional groups attached to an aromatic ring is 1. The zero-order chi connectivity index (χ0) is 11.5. The number of halogens is 1. The Bertz CT molecular complexity index is 359. The summed E-state index contributed by atoms with van der Waals surface area (Å²) in [6.45, 7) is 2.28. The number of anilines is 1. The third-order valence-electron chi connectivity index (χ3n) is 3.58. The topological polar surface area (TPSA) is 51.8 Å². The standard InChI is InChI=1S/C12H18IN3/c1-2-8-3-5-9(6-4-8)12-15-7-10(13)11(14)16-12/h7-9H,2-6H2,1H3,(H2,14,15,16). The van der Waals surface area contributed by atoms with Crippen molar-refractivity contribution in [3.8, 4) is 0 Å². The fourth-order valence-electron chi connectivity index (χ4n) is 2.42. The van der Waals surface area contributed by atoms with Crippen molar-refractivity contribution in [1.82, 2.24) is 9.97 Å². The van der Waals surface area contributed by atoms with E-state index in [0.29, 0.717) is 11.7 Å². The maximum Gasteiger partial charge on any atom is 0.140 e. The maximum absolute atomic E-state index is 5.82. The molecule has 0 aromatic carbocycles. The molecule has 0 atom stereocenters. The first kappa shape index (κ1) is 12.1. The van der Waals surface area contributed by atoms with E-state index in [9.17, 15) is 0 Å². The molecule has 1 aromatic rings. The molecule has 4 heteroatoms. The van der Waals surface area contributed by atoms with E-state index in [1.54, 1.807) is 0 Å². The molecule has 88 valence electrons. The molecule has 1 fully saturated rings. The zero-order valence-electron chi connectivity index (χ0n) is 9.62. The van der Waals surface area contributed by atoms with E-state index < -0.39 is 0 Å². The van der Waals surface area contributed by atoms with Gasteiger partial charge in [-0.3, -0.25) is 0 Å². The van der Waals surface area contributed by atoms with Crippen molar-refractivity contribution < 1.29 is 0 Å². The summed E-state index contributed by atoms with van der Waals surface area (Å²) in [5.74, 6) is 3.02. The van der Waals surface area contributed by atoms with Gasteiger partial charge in [-0.05, 0) is 54.2 Å². The van der Waals surface area contributed by atoms with Gasteiger partial charge in [0, 0.05) is 12.1 Å². The number of hydrogen-bond acceptors (Lipinski definition) is 3. The number of aromatic nitrogens is 2. The Labute approximate surface area is 110 Å². The van der Waals surface area contributed by atoms with Crippen LogP contribution in [-0.2, 0) is 0 Å². The van der Waals surface area contributed by atoms with Crippen molar-refractivity contribution in [3.05, 3.63) is 15.6 Å². The first-order valence-corrected chi connectivity index (χ1v) is 7.06. The van der Waals surface area contributed by atoms with E-state index in [-0.39, 0.29) is 0 Å². The van der Waals surface area contributed by atoms with Crippen LogP contribution >= 0.6 is 22.6 Å². The Morgan fingerprint density at radius 3 is 2.62 bits per heavy atom. The molecule has 0 aliphatic heterocycles. The van der Waals surface area contributed by atoms with E-state index in [0.717, 1.165) is 15.3 Å². The van der Waals surface area contributed by atoms with Crippen LogP contribution in [0, 0.1) is 9.49 Å². The quantitative estimate of drug-likeness (QED) is 0.846. The molecule has 1 aromatic heterocycles. The highest BCUT2D eigenvalue weighted by molar-refractivity contribution is 14.1. The van der Waals surface area contributed by atoms with Gasteiger partial charge in [-0.15, -0.1) is 0 Å². The molecule has 2 N–H and O–H groups in total. The van der Waals surface area contributed by atoms with Crippen molar-refractivity contribution >= 4 is 28.4 Å². The zero-order valence-corrected chi connectivity index (χ0v) is 11.8. The van der Waals surface area contributed by atoms with Gasteiger partial charge >= 0.3 is 0 Å². The van der Waals surface area contributed by atoms with Crippen LogP contribution in [0.3, 0.4) is 0 Å². The van der Waals surface area contributed by atoms with Gasteiger partial charge in [-0.25, -0.2) is 9.97 Å². The molecule has 2 rings (SSSR count). The van der Waals surface area contributed by atoms with E-state index in [4.69, 9.17) is 5.73 Å². The second-order valence-corrected chi connectivity index (χ2v) is 5.75. The third-order valence-corrected chi connectivity index (χ3v) is 4.41. The van der Waals surface area contributed by atoms with Gasteiger partial charge in [0.25, 0.3) is 0 Å². The second kappa shape index (κ2) is 5.29. The molecule has 1 saturated carbocycles. The Morgan fingerprint density at radius 2 is 2.06 bits per heavy atom. The normalized spacial score (nSPS) is 25.6. The van der Waals surface area contributed by atoms with Crippen molar-refractivity contribution in [3.63, 3.8) is 0 Å². The van der Waals surface area contributed by atoms with Gasteiger partial charge in [0.05, 0.1) is 3.57 Å². The fourth-order valence-corrected chi connectivity index (χ4v) is 2.68. The van der Waals surface area contributed by atoms with Gasteiger partial charge in [-0.2, -0.15) is 0 Å². The molecule has 0 bridgehead atoms. The van der Waals surface area contributed by atoms with Crippen LogP contribution in [0.15, 0.2) is 6.20 Å². The smallest absolute Gasteiger partial charge is 0.140 e. The van der Waals surface area contributed by atoms with Crippen molar-refractivity contribution in [2.75, 3.05) is 5.73 Å². The molecular weight excluding hydrogens is 313 g/mol. The first-order valence-electron chi connectivity index (χ1n) is 5.98. The lowest BCUT2D eigenvalue weighted by Gasteiger charge is -2.26. The van der Waals surface area contributed by atoms with Gasteiger partial charge < -0.3 is 5.73 Å². The average Bonchev–Trinajstić information content (AvgIpc) is 2.33. The van der Waals surface area contributed by atoms with Crippen LogP contribution in [0.25, 0.3) is 0 Å². The molecule has 1 aliphatic rings. The SMILES string of the molecule is CCC1CCC(c2ncc(I)c(N)n2)CC1. The summed E-state index contributed by atoms with van der Waals surface area (Å²) in [5, 5.41) is 0. The fraction of sp³-hybridized carbons (Fsp3) is 0.667. The summed E-state index contributed by atoms with van der Waals surface area (Å²) in [7, 11) is 0. The molecule has 16 heavy (non-hydrogen) atoms. The monoisotopic (exact) mass is 331 g/mol. The molecular formula is C12H18IN3. The van der Waals surface area contributed by atoms with Crippen LogP contribution < -0.4 is 5.73 Å². The minimum absolute atomic E-state index is 0.530. The molecule has 0 amide bonds. The molecule has 0 radical (unpaired) electrons. The molecule has 0 unspecified atom stereocenters. The van der Waals surface area contributed by atoms with E-state index in [1.807, 2.05) is 6.20 Å². The number of nitrogens with two attached hydrogens (primary N) is 1. The lowest BCUT2D eigenvalue weighted by atomic mass is 9.80. The molecule has 1 aliphatic carbocycles. The van der Waals surface area contributed by atoms with E-state index >= 15 is 0 Å². The molecule has 0 spiro atoms. The highest BCUT2D eigenvalue weighted by Gasteiger charge is 2.23. The minimum atomic E-state index is 0.530. The predicted octanol–water partition coefficient (Wildman–Crippen LogP) is 3.35. The van der Waals surface area contributed by atoms with E-state index in [2.05, 4.69) is 39.5 Å². The van der Waals surface area contributed by atoms with Crippen LogP contribution in [-0.4, -0.2) is 9.97 Å². The Balaban J connectivity index is 2.05. The molecule has 0 saturated heterocycles. The van der Waals surface area contributed by atoms with Crippen LogP contribution in [0.5, 0.6) is 0 Å². The summed E-state index contributed by atoms with van der Waals surface area (Å²) in [6, 6.07) is 0. The summed E-state index contributed by atoms with van der Waals surface area (Å²) in [5.41, 5.74) is 5.82. The summed E-state index contributed by atoms with van der Waals surface area (Å²) >= 11 is 2.17. The summed E-state index contributed by atoms with van der Waals surface area (Å²) < 4.78 is 0.948. The van der Waals surface area contributed by atoms with Crippen molar-refractivity contribution in [2.24, 2.45) is 5.92 Å². The minimum Gasteiger partial charge on any atom is -0.383 e. The van der Waals surface area contributed by atoms with Crippen LogP contribution in [0.2, 0.25) is 0 Å². The van der Waals surface area contributed by atoms with Gasteiger partial charge in [0.1, 0.15) is 11.6 Å². The summed E-state index contributed by atoms with van der Waals surface area (Å²) in [4.78, 5) is 8.82. The second-order valence-electron chi connectivity index (χ2n) is 4.59. The first-order chi connectivity index (χ1) is 7.70. The molecule has 3 nitrogen and oxygen atoms in total. The maximum atomic E-state index is 5.82. The predicted molar refractivity (Wildman–Crippen MR) is 74.2 cm³/mol.